The molecular weight excluding hydrogens is 384 g/mol. The maximum atomic E-state index is 5.91. The molecule has 2 aliphatic rings. The second-order valence-corrected chi connectivity index (χ2v) is 8.85. The van der Waals surface area contributed by atoms with Gasteiger partial charge >= 0.3 is 0 Å². The normalized spacial score (nSPS) is 23.0. The van der Waals surface area contributed by atoms with Gasteiger partial charge in [0.25, 0.3) is 0 Å². The van der Waals surface area contributed by atoms with E-state index in [-0.39, 0.29) is 12.2 Å². The summed E-state index contributed by atoms with van der Waals surface area (Å²) < 4.78 is 12.6. The fourth-order valence-electron chi connectivity index (χ4n) is 4.12. The van der Waals surface area contributed by atoms with E-state index >= 15 is 0 Å². The number of rotatable bonds is 3. The minimum Gasteiger partial charge on any atom is -0.378 e. The molecule has 2 saturated heterocycles. The maximum absolute atomic E-state index is 5.91. The molecule has 29 heavy (non-hydrogen) atoms. The van der Waals surface area contributed by atoms with E-state index in [0.29, 0.717) is 0 Å². The van der Waals surface area contributed by atoms with E-state index in [1.165, 1.54) is 10.4 Å². The molecule has 0 N–H and O–H groups in total. The average molecular weight is 411 g/mol. The van der Waals surface area contributed by atoms with Crippen LogP contribution >= 0.6 is 11.3 Å². The number of fused-ring (bicyclic) bond motifs is 1. The number of anilines is 2. The van der Waals surface area contributed by atoms with E-state index in [1.807, 2.05) is 0 Å². The lowest BCUT2D eigenvalue weighted by atomic mass is 10.2. The first-order valence-corrected chi connectivity index (χ1v) is 11.1. The molecule has 2 aliphatic heterocycles. The average Bonchev–Trinajstić information content (AvgIpc) is 3.18. The predicted octanol–water partition coefficient (Wildman–Crippen LogP) is 3.81. The van der Waals surface area contributed by atoms with Crippen molar-refractivity contribution in [2.24, 2.45) is 0 Å². The highest BCUT2D eigenvalue weighted by atomic mass is 32.1. The Morgan fingerprint density at radius 1 is 0.966 bits per heavy atom. The van der Waals surface area contributed by atoms with Gasteiger partial charge in [0.1, 0.15) is 0 Å². The van der Waals surface area contributed by atoms with Gasteiger partial charge in [-0.05, 0) is 25.5 Å². The number of thiophene rings is 1. The van der Waals surface area contributed by atoms with Crippen molar-refractivity contribution in [3.63, 3.8) is 0 Å². The zero-order valence-electron chi connectivity index (χ0n) is 16.9. The minimum absolute atomic E-state index is 0.173. The number of nitrogens with zero attached hydrogens (tertiary/aromatic N) is 4. The molecule has 2 aromatic heterocycles. The van der Waals surface area contributed by atoms with E-state index < -0.39 is 0 Å². The standard InChI is InChI=1S/C22H26N4O2S/c1-15-13-26(14-16(2)28-15)22-23-18-12-19(17-6-4-3-5-7-17)29-20(18)21(24-22)25-8-10-27-11-9-25/h3-7,12,15-16H,8-11,13-14H2,1-2H3/t15-,16+. The molecule has 152 valence electrons. The molecule has 2 atom stereocenters. The van der Waals surface area contributed by atoms with E-state index in [0.717, 1.165) is 61.4 Å². The Bertz CT molecular complexity index is 977. The van der Waals surface area contributed by atoms with Crippen molar-refractivity contribution >= 4 is 33.3 Å². The van der Waals surface area contributed by atoms with Gasteiger partial charge in [0, 0.05) is 31.1 Å². The maximum Gasteiger partial charge on any atom is 0.228 e. The van der Waals surface area contributed by atoms with E-state index in [9.17, 15) is 0 Å². The third kappa shape index (κ3) is 3.82. The summed E-state index contributed by atoms with van der Waals surface area (Å²) in [6.07, 6.45) is 0.347. The number of hydrogen-bond donors (Lipinski definition) is 0. The monoisotopic (exact) mass is 410 g/mol. The predicted molar refractivity (Wildman–Crippen MR) is 118 cm³/mol. The Morgan fingerprint density at radius 2 is 1.69 bits per heavy atom. The van der Waals surface area contributed by atoms with Crippen molar-refractivity contribution in [1.29, 1.82) is 0 Å². The lowest BCUT2D eigenvalue weighted by Gasteiger charge is -2.36. The second kappa shape index (κ2) is 7.89. The topological polar surface area (TPSA) is 50.7 Å². The summed E-state index contributed by atoms with van der Waals surface area (Å²) in [6.45, 7) is 9.05. The van der Waals surface area contributed by atoms with Gasteiger partial charge in [-0.2, -0.15) is 4.98 Å². The summed E-state index contributed by atoms with van der Waals surface area (Å²) in [4.78, 5) is 15.9. The zero-order valence-corrected chi connectivity index (χ0v) is 17.7. The fourth-order valence-corrected chi connectivity index (χ4v) is 5.24. The fraction of sp³-hybridized carbons (Fsp3) is 0.455. The number of ether oxygens (including phenoxy) is 2. The summed E-state index contributed by atoms with van der Waals surface area (Å²) in [5, 5.41) is 0. The molecule has 6 nitrogen and oxygen atoms in total. The van der Waals surface area contributed by atoms with Crippen LogP contribution in [0.4, 0.5) is 11.8 Å². The number of hydrogen-bond acceptors (Lipinski definition) is 7. The van der Waals surface area contributed by atoms with Crippen LogP contribution in [0.5, 0.6) is 0 Å². The lowest BCUT2D eigenvalue weighted by molar-refractivity contribution is -0.00569. The van der Waals surface area contributed by atoms with Crippen LogP contribution in [0.25, 0.3) is 20.7 Å². The SMILES string of the molecule is C[C@@H]1CN(c2nc(N3CCOCC3)c3sc(-c4ccccc4)cc3n2)C[C@H](C)O1. The van der Waals surface area contributed by atoms with Crippen LogP contribution in [-0.2, 0) is 9.47 Å². The highest BCUT2D eigenvalue weighted by Gasteiger charge is 2.27. The second-order valence-electron chi connectivity index (χ2n) is 7.80. The molecular formula is C22H26N4O2S. The smallest absolute Gasteiger partial charge is 0.228 e. The van der Waals surface area contributed by atoms with Gasteiger partial charge in [0.2, 0.25) is 5.95 Å². The van der Waals surface area contributed by atoms with Crippen molar-refractivity contribution in [3.8, 4) is 10.4 Å². The Morgan fingerprint density at radius 3 is 2.41 bits per heavy atom. The summed E-state index contributed by atoms with van der Waals surface area (Å²) in [7, 11) is 0. The largest absolute Gasteiger partial charge is 0.378 e. The molecule has 0 amide bonds. The van der Waals surface area contributed by atoms with Crippen molar-refractivity contribution in [2.75, 3.05) is 49.2 Å². The van der Waals surface area contributed by atoms with Crippen LogP contribution in [0, 0.1) is 0 Å². The Balaban J connectivity index is 1.61. The molecule has 2 fully saturated rings. The van der Waals surface area contributed by atoms with Crippen molar-refractivity contribution in [2.45, 2.75) is 26.1 Å². The molecule has 0 unspecified atom stereocenters. The van der Waals surface area contributed by atoms with Crippen LogP contribution in [0.3, 0.4) is 0 Å². The molecule has 7 heteroatoms. The number of morpholine rings is 2. The molecule has 0 radical (unpaired) electrons. The Labute approximate surface area is 175 Å². The highest BCUT2D eigenvalue weighted by molar-refractivity contribution is 7.22. The van der Waals surface area contributed by atoms with Crippen LogP contribution in [-0.4, -0.2) is 61.6 Å². The summed E-state index contributed by atoms with van der Waals surface area (Å²) in [5.41, 5.74) is 2.24. The molecule has 0 aliphatic carbocycles. The third-order valence-corrected chi connectivity index (χ3v) is 6.58. The first kappa shape index (κ1) is 18.8. The minimum atomic E-state index is 0.173. The summed E-state index contributed by atoms with van der Waals surface area (Å²) >= 11 is 1.78. The molecule has 5 rings (SSSR count). The lowest BCUT2D eigenvalue weighted by Crippen LogP contribution is -2.46. The van der Waals surface area contributed by atoms with Gasteiger partial charge in [-0.1, -0.05) is 30.3 Å². The van der Waals surface area contributed by atoms with Gasteiger partial charge in [0.15, 0.2) is 5.82 Å². The van der Waals surface area contributed by atoms with Gasteiger partial charge in [-0.25, -0.2) is 4.98 Å². The van der Waals surface area contributed by atoms with E-state index in [2.05, 4.69) is 60.0 Å². The van der Waals surface area contributed by atoms with Crippen molar-refractivity contribution in [1.82, 2.24) is 9.97 Å². The van der Waals surface area contributed by atoms with Gasteiger partial charge < -0.3 is 19.3 Å². The Hall–Kier alpha value is -2.22. The van der Waals surface area contributed by atoms with E-state index in [4.69, 9.17) is 19.4 Å². The number of benzene rings is 1. The number of aromatic nitrogens is 2. The summed E-state index contributed by atoms with van der Waals surface area (Å²) in [6, 6.07) is 12.7. The molecule has 3 aromatic rings. The third-order valence-electron chi connectivity index (χ3n) is 5.41. The van der Waals surface area contributed by atoms with Gasteiger partial charge in [-0.15, -0.1) is 11.3 Å². The molecule has 0 spiro atoms. The highest BCUT2D eigenvalue weighted by Crippen LogP contribution is 2.38. The zero-order chi connectivity index (χ0) is 19.8. The van der Waals surface area contributed by atoms with Crippen molar-refractivity contribution in [3.05, 3.63) is 36.4 Å². The quantitative estimate of drug-likeness (QED) is 0.655. The van der Waals surface area contributed by atoms with Crippen LogP contribution in [0.1, 0.15) is 13.8 Å². The first-order chi connectivity index (χ1) is 14.2. The summed E-state index contributed by atoms with van der Waals surface area (Å²) in [5.74, 6) is 1.84. The van der Waals surface area contributed by atoms with Gasteiger partial charge in [-0.3, -0.25) is 0 Å². The molecule has 1 aromatic carbocycles. The van der Waals surface area contributed by atoms with Crippen molar-refractivity contribution < 1.29 is 9.47 Å². The molecule has 4 heterocycles. The van der Waals surface area contributed by atoms with E-state index in [1.54, 1.807) is 11.3 Å². The molecule has 0 saturated carbocycles. The van der Waals surface area contributed by atoms with Crippen LogP contribution < -0.4 is 9.80 Å². The van der Waals surface area contributed by atoms with Crippen LogP contribution in [0.15, 0.2) is 36.4 Å². The van der Waals surface area contributed by atoms with Crippen LogP contribution in [0.2, 0.25) is 0 Å². The molecule has 0 bridgehead atoms. The first-order valence-electron chi connectivity index (χ1n) is 10.3. The Kier molecular flexibility index (Phi) is 5.11. The van der Waals surface area contributed by atoms with Gasteiger partial charge in [0.05, 0.1) is 35.6 Å².